The van der Waals surface area contributed by atoms with Gasteiger partial charge in [0.2, 0.25) is 17.8 Å². The lowest BCUT2D eigenvalue weighted by Gasteiger charge is -2.18. The highest BCUT2D eigenvalue weighted by Gasteiger charge is 2.10. The lowest BCUT2D eigenvalue weighted by molar-refractivity contribution is 0.390. The van der Waals surface area contributed by atoms with E-state index in [0.29, 0.717) is 17.8 Å². The van der Waals surface area contributed by atoms with Crippen LogP contribution in [-0.4, -0.2) is 60.6 Å². The van der Waals surface area contributed by atoms with Crippen molar-refractivity contribution in [1.82, 2.24) is 19.9 Å². The molecule has 1 aromatic rings. The summed E-state index contributed by atoms with van der Waals surface area (Å²) in [7, 11) is 7.84. The summed E-state index contributed by atoms with van der Waals surface area (Å²) in [6.07, 6.45) is 1.00. The zero-order valence-corrected chi connectivity index (χ0v) is 12.3. The molecule has 0 aliphatic carbocycles. The van der Waals surface area contributed by atoms with Crippen molar-refractivity contribution in [1.29, 1.82) is 0 Å². The van der Waals surface area contributed by atoms with Crippen LogP contribution in [0, 0.1) is 0 Å². The highest BCUT2D eigenvalue weighted by molar-refractivity contribution is 5.42. The Morgan fingerprint density at radius 3 is 2.26 bits per heavy atom. The predicted molar refractivity (Wildman–Crippen MR) is 78.2 cm³/mol. The number of hydrogen-bond donors (Lipinski definition) is 3. The first-order valence-electron chi connectivity index (χ1n) is 6.23. The zero-order valence-electron chi connectivity index (χ0n) is 12.3. The Bertz CT molecular complexity index is 392. The topological polar surface area (TPSA) is 95.2 Å². The molecular weight excluding hydrogens is 244 g/mol. The first-order chi connectivity index (χ1) is 8.92. The summed E-state index contributed by atoms with van der Waals surface area (Å²) >= 11 is 0. The van der Waals surface area contributed by atoms with Crippen LogP contribution in [0.5, 0.6) is 0 Å². The van der Waals surface area contributed by atoms with Crippen molar-refractivity contribution >= 4 is 17.8 Å². The number of hydrogen-bond acceptors (Lipinski definition) is 8. The molecule has 0 spiro atoms. The molecule has 1 rings (SSSR count). The van der Waals surface area contributed by atoms with Crippen molar-refractivity contribution < 1.29 is 0 Å². The first kappa shape index (κ1) is 15.4. The van der Waals surface area contributed by atoms with Crippen LogP contribution in [0.25, 0.3) is 0 Å². The second kappa shape index (κ2) is 7.05. The van der Waals surface area contributed by atoms with Crippen LogP contribution in [0.15, 0.2) is 0 Å². The van der Waals surface area contributed by atoms with Crippen molar-refractivity contribution in [3.8, 4) is 0 Å². The molecule has 0 saturated heterocycles. The molecule has 1 heterocycles. The maximum absolute atomic E-state index is 5.36. The molecule has 0 radical (unpaired) electrons. The van der Waals surface area contributed by atoms with Crippen LogP contribution < -0.4 is 21.5 Å². The van der Waals surface area contributed by atoms with Gasteiger partial charge in [0.15, 0.2) is 0 Å². The van der Waals surface area contributed by atoms with Crippen LogP contribution in [0.1, 0.15) is 13.3 Å². The van der Waals surface area contributed by atoms with Gasteiger partial charge >= 0.3 is 0 Å². The molecular formula is C11H24N8. The highest BCUT2D eigenvalue weighted by atomic mass is 15.4. The molecule has 1 atom stereocenters. The average Bonchev–Trinajstić information content (AvgIpc) is 2.35. The summed E-state index contributed by atoms with van der Waals surface area (Å²) < 4.78 is 0. The minimum atomic E-state index is 0.269. The molecule has 0 saturated carbocycles. The number of nitrogens with one attached hydrogen (secondary N) is 2. The zero-order chi connectivity index (χ0) is 14.4. The number of anilines is 3. The van der Waals surface area contributed by atoms with E-state index in [9.17, 15) is 0 Å². The Morgan fingerprint density at radius 1 is 1.11 bits per heavy atom. The third-order valence-corrected chi connectivity index (χ3v) is 2.54. The van der Waals surface area contributed by atoms with Crippen molar-refractivity contribution in [2.45, 2.75) is 19.4 Å². The molecule has 108 valence electrons. The summed E-state index contributed by atoms with van der Waals surface area (Å²) in [6, 6.07) is 0.269. The van der Waals surface area contributed by atoms with Crippen LogP contribution >= 0.6 is 0 Å². The maximum atomic E-state index is 5.36. The van der Waals surface area contributed by atoms with E-state index < -0.39 is 0 Å². The molecule has 1 aromatic heterocycles. The van der Waals surface area contributed by atoms with Gasteiger partial charge in [-0.25, -0.2) is 5.84 Å². The Hall–Kier alpha value is -1.67. The maximum Gasteiger partial charge on any atom is 0.243 e. The smallest absolute Gasteiger partial charge is 0.243 e. The van der Waals surface area contributed by atoms with Gasteiger partial charge in [0, 0.05) is 20.1 Å². The van der Waals surface area contributed by atoms with Crippen LogP contribution in [0.2, 0.25) is 0 Å². The minimum Gasteiger partial charge on any atom is -0.352 e. The van der Waals surface area contributed by atoms with Gasteiger partial charge in [0.25, 0.3) is 0 Å². The van der Waals surface area contributed by atoms with Crippen LogP contribution in [0.3, 0.4) is 0 Å². The average molecular weight is 268 g/mol. The van der Waals surface area contributed by atoms with Gasteiger partial charge in [-0.05, 0) is 34.0 Å². The second-order valence-electron chi connectivity index (χ2n) is 4.96. The third kappa shape index (κ3) is 5.23. The van der Waals surface area contributed by atoms with Gasteiger partial charge in [-0.3, -0.25) is 5.43 Å². The van der Waals surface area contributed by atoms with E-state index >= 15 is 0 Å². The monoisotopic (exact) mass is 268 g/mol. The van der Waals surface area contributed by atoms with Gasteiger partial charge in [0.1, 0.15) is 0 Å². The van der Waals surface area contributed by atoms with E-state index in [0.717, 1.165) is 13.0 Å². The fourth-order valence-electron chi connectivity index (χ4n) is 1.44. The molecule has 8 heteroatoms. The highest BCUT2D eigenvalue weighted by Crippen LogP contribution is 2.12. The number of aromatic nitrogens is 3. The molecule has 0 fully saturated rings. The van der Waals surface area contributed by atoms with Crippen LogP contribution in [-0.2, 0) is 0 Å². The SMILES string of the molecule is CC(CCN(C)C)Nc1nc(NN)nc(N(C)C)n1. The number of hydrazine groups is 1. The molecule has 0 aliphatic rings. The summed E-state index contributed by atoms with van der Waals surface area (Å²) in [5.41, 5.74) is 2.45. The van der Waals surface area contributed by atoms with E-state index in [1.54, 1.807) is 4.90 Å². The standard InChI is InChI=1S/C11H24N8/c1-8(6-7-18(2)3)13-9-14-10(17-12)16-11(15-9)19(4)5/h8H,6-7,12H2,1-5H3,(H2,13,14,15,16,17). The van der Waals surface area contributed by atoms with E-state index in [1.165, 1.54) is 0 Å². The van der Waals surface area contributed by atoms with Gasteiger partial charge in [-0.2, -0.15) is 15.0 Å². The first-order valence-corrected chi connectivity index (χ1v) is 6.23. The Balaban J connectivity index is 2.73. The number of rotatable bonds is 7. The van der Waals surface area contributed by atoms with Crippen molar-refractivity contribution in [3.63, 3.8) is 0 Å². The van der Waals surface area contributed by atoms with E-state index in [-0.39, 0.29) is 6.04 Å². The summed E-state index contributed by atoms with van der Waals surface area (Å²) in [5, 5.41) is 3.26. The molecule has 0 aromatic carbocycles. The number of nitrogens with zero attached hydrogens (tertiary/aromatic N) is 5. The third-order valence-electron chi connectivity index (χ3n) is 2.54. The molecule has 8 nitrogen and oxygen atoms in total. The van der Waals surface area contributed by atoms with E-state index in [1.807, 2.05) is 14.1 Å². The Morgan fingerprint density at radius 2 is 1.74 bits per heavy atom. The van der Waals surface area contributed by atoms with Crippen molar-refractivity contribution in [3.05, 3.63) is 0 Å². The molecule has 0 amide bonds. The normalized spacial score (nSPS) is 12.4. The summed E-state index contributed by atoms with van der Waals surface area (Å²) in [5.74, 6) is 6.80. The van der Waals surface area contributed by atoms with Gasteiger partial charge in [0.05, 0.1) is 0 Å². The van der Waals surface area contributed by atoms with E-state index in [4.69, 9.17) is 5.84 Å². The van der Waals surface area contributed by atoms with E-state index in [2.05, 4.69) is 51.6 Å². The lowest BCUT2D eigenvalue weighted by atomic mass is 10.2. The van der Waals surface area contributed by atoms with Crippen molar-refractivity contribution in [2.75, 3.05) is 50.4 Å². The minimum absolute atomic E-state index is 0.269. The largest absolute Gasteiger partial charge is 0.352 e. The summed E-state index contributed by atoms with van der Waals surface area (Å²) in [4.78, 5) is 16.6. The Labute approximate surface area is 114 Å². The second-order valence-corrected chi connectivity index (χ2v) is 4.96. The van der Waals surface area contributed by atoms with Gasteiger partial charge in [-0.15, -0.1) is 0 Å². The van der Waals surface area contributed by atoms with Gasteiger partial charge in [-0.1, -0.05) is 0 Å². The fraction of sp³-hybridized carbons (Fsp3) is 0.727. The molecule has 0 bridgehead atoms. The summed E-state index contributed by atoms with van der Waals surface area (Å²) in [6.45, 7) is 3.10. The number of nitrogen functional groups attached to an aromatic ring is 1. The number of nitrogens with two attached hydrogens (primary N) is 1. The molecule has 19 heavy (non-hydrogen) atoms. The lowest BCUT2D eigenvalue weighted by Crippen LogP contribution is -2.25. The van der Waals surface area contributed by atoms with Crippen molar-refractivity contribution in [2.24, 2.45) is 5.84 Å². The quantitative estimate of drug-likeness (QED) is 0.469. The molecule has 0 aliphatic heterocycles. The molecule has 1 unspecified atom stereocenters. The molecule has 4 N–H and O–H groups in total. The van der Waals surface area contributed by atoms with Crippen LogP contribution in [0.4, 0.5) is 17.8 Å². The fourth-order valence-corrected chi connectivity index (χ4v) is 1.44. The predicted octanol–water partition coefficient (Wildman–Crippen LogP) is -0.0247. The van der Waals surface area contributed by atoms with Gasteiger partial charge < -0.3 is 15.1 Å². The Kier molecular flexibility index (Phi) is 5.71.